The van der Waals surface area contributed by atoms with Crippen LogP contribution in [0.2, 0.25) is 0 Å². The van der Waals surface area contributed by atoms with E-state index in [1.165, 1.54) is 16.6 Å². The maximum Gasteiger partial charge on any atom is 0.494 e. The van der Waals surface area contributed by atoms with Gasteiger partial charge in [-0.2, -0.15) is 0 Å². The van der Waals surface area contributed by atoms with E-state index in [0.29, 0.717) is 0 Å². The minimum atomic E-state index is 0.835. The quantitative estimate of drug-likeness (QED) is 0.466. The number of hydrogen-bond acceptors (Lipinski definition) is 2. The first-order valence-corrected chi connectivity index (χ1v) is 5.67. The first-order chi connectivity index (χ1) is 7.88. The largest absolute Gasteiger partial charge is 0.649 e. The predicted octanol–water partition coefficient (Wildman–Crippen LogP) is 2.58. The molecule has 0 saturated carbocycles. The van der Waals surface area contributed by atoms with Crippen molar-refractivity contribution in [3.63, 3.8) is 0 Å². The topological polar surface area (TPSA) is 22.1 Å². The number of nitrogens with zero attached hydrogens (tertiary/aromatic N) is 1. The van der Waals surface area contributed by atoms with E-state index in [-0.39, 0.29) is 0 Å². The van der Waals surface area contributed by atoms with Gasteiger partial charge in [0.1, 0.15) is 11.3 Å². The van der Waals surface area contributed by atoms with Crippen molar-refractivity contribution in [2.75, 3.05) is 0 Å². The lowest BCUT2D eigenvalue weighted by molar-refractivity contribution is 0.622. The van der Waals surface area contributed by atoms with Gasteiger partial charge in [0.05, 0.1) is 5.52 Å². The molecule has 3 heteroatoms. The summed E-state index contributed by atoms with van der Waals surface area (Å²) in [4.78, 5) is 4.63. The van der Waals surface area contributed by atoms with Gasteiger partial charge >= 0.3 is 16.6 Å². The lowest BCUT2D eigenvalue weighted by Gasteiger charge is -2.07. The summed E-state index contributed by atoms with van der Waals surface area (Å²) in [6.07, 6.45) is 0. The molecule has 0 atom stereocenters. The Labute approximate surface area is 102 Å². The van der Waals surface area contributed by atoms with Crippen LogP contribution in [0.25, 0.3) is 21.8 Å². The number of para-hydroxylation sites is 2. The minimum Gasteiger partial charge on any atom is -0.649 e. The van der Waals surface area contributed by atoms with E-state index in [9.17, 15) is 0 Å². The second kappa shape index (κ2) is 3.79. The third kappa shape index (κ3) is 1.46. The van der Waals surface area contributed by atoms with E-state index < -0.39 is 0 Å². The normalized spacial score (nSPS) is 10.8. The number of pyridine rings is 1. The molecular formula is C13H9AlNO. The summed E-state index contributed by atoms with van der Waals surface area (Å²) in [6, 6.07) is 16.2. The summed E-state index contributed by atoms with van der Waals surface area (Å²) in [5.74, 6) is 0.835. The average molecular weight is 222 g/mol. The molecule has 2 aromatic carbocycles. The van der Waals surface area contributed by atoms with Gasteiger partial charge in [-0.1, -0.05) is 30.3 Å². The molecule has 2 nitrogen and oxygen atoms in total. The third-order valence-electron chi connectivity index (χ3n) is 2.67. The van der Waals surface area contributed by atoms with Crippen LogP contribution in [-0.2, 0) is 0 Å². The maximum atomic E-state index is 5.34. The van der Waals surface area contributed by atoms with Gasteiger partial charge < -0.3 is 3.79 Å². The highest BCUT2D eigenvalue weighted by Gasteiger charge is 2.03. The predicted molar refractivity (Wildman–Crippen MR) is 67.0 cm³/mol. The highest BCUT2D eigenvalue weighted by Crippen LogP contribution is 2.26. The van der Waals surface area contributed by atoms with Crippen LogP contribution in [0.5, 0.6) is 5.75 Å². The SMILES string of the molecule is [AlH][O]c1cccc2cc3ccccc3nc12. The van der Waals surface area contributed by atoms with Gasteiger partial charge in [0.15, 0.2) is 0 Å². The van der Waals surface area contributed by atoms with Crippen molar-refractivity contribution in [1.82, 2.24) is 4.98 Å². The zero-order valence-corrected chi connectivity index (χ0v) is 10.1. The van der Waals surface area contributed by atoms with Crippen LogP contribution in [-0.4, -0.2) is 21.6 Å². The second-order valence-electron chi connectivity index (χ2n) is 3.65. The number of benzene rings is 2. The van der Waals surface area contributed by atoms with Crippen LogP contribution in [0.1, 0.15) is 0 Å². The van der Waals surface area contributed by atoms with E-state index in [1.54, 1.807) is 0 Å². The van der Waals surface area contributed by atoms with E-state index in [0.717, 1.165) is 27.6 Å². The summed E-state index contributed by atoms with van der Waals surface area (Å²) < 4.78 is 5.34. The van der Waals surface area contributed by atoms with Gasteiger partial charge in [0.2, 0.25) is 0 Å². The molecule has 16 heavy (non-hydrogen) atoms. The molecule has 0 amide bonds. The summed E-state index contributed by atoms with van der Waals surface area (Å²) in [5, 5.41) is 2.27. The van der Waals surface area contributed by atoms with Crippen molar-refractivity contribution in [2.45, 2.75) is 0 Å². The number of aromatic nitrogens is 1. The van der Waals surface area contributed by atoms with E-state index in [4.69, 9.17) is 3.79 Å². The van der Waals surface area contributed by atoms with Crippen molar-refractivity contribution in [3.05, 3.63) is 48.5 Å². The lowest BCUT2D eigenvalue weighted by atomic mass is 10.1. The Kier molecular flexibility index (Phi) is 2.28. The van der Waals surface area contributed by atoms with Gasteiger partial charge in [-0.05, 0) is 18.2 Å². The van der Waals surface area contributed by atoms with Crippen LogP contribution in [0.15, 0.2) is 48.5 Å². The molecule has 3 rings (SSSR count). The van der Waals surface area contributed by atoms with Gasteiger partial charge in [0.25, 0.3) is 0 Å². The van der Waals surface area contributed by atoms with Crippen molar-refractivity contribution in [3.8, 4) is 5.75 Å². The minimum absolute atomic E-state index is 0.835. The van der Waals surface area contributed by atoms with E-state index >= 15 is 0 Å². The summed E-state index contributed by atoms with van der Waals surface area (Å²) in [7, 11) is 0. The molecule has 1 aromatic heterocycles. The molecule has 0 aliphatic rings. The Bertz CT molecular complexity index is 666. The molecule has 75 valence electrons. The molecule has 3 aromatic rings. The van der Waals surface area contributed by atoms with Crippen LogP contribution >= 0.6 is 0 Å². The van der Waals surface area contributed by atoms with Gasteiger partial charge in [0, 0.05) is 10.8 Å². The fourth-order valence-electron chi connectivity index (χ4n) is 1.89. The van der Waals surface area contributed by atoms with Crippen molar-refractivity contribution >= 4 is 38.4 Å². The zero-order chi connectivity index (χ0) is 11.0. The van der Waals surface area contributed by atoms with Crippen molar-refractivity contribution in [1.29, 1.82) is 0 Å². The summed E-state index contributed by atoms with van der Waals surface area (Å²) in [5.41, 5.74) is 1.93. The van der Waals surface area contributed by atoms with Crippen LogP contribution in [0.3, 0.4) is 0 Å². The first kappa shape index (κ1) is 9.65. The molecule has 1 heterocycles. The molecule has 0 saturated heterocycles. The maximum absolute atomic E-state index is 5.34. The third-order valence-corrected chi connectivity index (χ3v) is 2.98. The van der Waals surface area contributed by atoms with Crippen LogP contribution in [0, 0.1) is 0 Å². The molecule has 1 radical (unpaired) electrons. The molecule has 0 aliphatic heterocycles. The van der Waals surface area contributed by atoms with Gasteiger partial charge in [-0.25, -0.2) is 4.98 Å². The molecule has 0 fully saturated rings. The Morgan fingerprint density at radius 3 is 2.62 bits per heavy atom. The molecular weight excluding hydrogens is 213 g/mol. The highest BCUT2D eigenvalue weighted by molar-refractivity contribution is 6.03. The Hall–Kier alpha value is -1.56. The van der Waals surface area contributed by atoms with Crippen LogP contribution < -0.4 is 3.79 Å². The fraction of sp³-hybridized carbons (Fsp3) is 0. The Morgan fingerprint density at radius 2 is 1.75 bits per heavy atom. The Balaban J connectivity index is 2.46. The monoisotopic (exact) mass is 222 g/mol. The second-order valence-corrected chi connectivity index (χ2v) is 3.94. The average Bonchev–Trinajstić information content (AvgIpc) is 2.35. The van der Waals surface area contributed by atoms with Crippen LogP contribution in [0.4, 0.5) is 0 Å². The number of fused-ring (bicyclic) bond motifs is 2. The molecule has 0 N–H and O–H groups in total. The number of hydrogen-bond donors (Lipinski definition) is 0. The first-order valence-electron chi connectivity index (χ1n) is 5.09. The number of rotatable bonds is 1. The summed E-state index contributed by atoms with van der Waals surface area (Å²) >= 11 is 1.48. The highest BCUT2D eigenvalue weighted by atomic mass is 27.1. The zero-order valence-electron chi connectivity index (χ0n) is 8.68. The molecule has 0 unspecified atom stereocenters. The molecule has 0 aliphatic carbocycles. The van der Waals surface area contributed by atoms with Crippen molar-refractivity contribution < 1.29 is 3.79 Å². The summed E-state index contributed by atoms with van der Waals surface area (Å²) in [6.45, 7) is 0. The molecule has 0 bridgehead atoms. The van der Waals surface area contributed by atoms with E-state index in [2.05, 4.69) is 23.2 Å². The smallest absolute Gasteiger partial charge is 0.494 e. The van der Waals surface area contributed by atoms with Gasteiger partial charge in [-0.3, -0.25) is 0 Å². The lowest BCUT2D eigenvalue weighted by Crippen LogP contribution is -1.89. The standard InChI is InChI=1S/C13H9NO.Al.H/c15-12-7-3-5-10-8-9-4-1-2-6-11(9)14-13(10)12;;/h1-8,15H;;/q;+1;/p-1. The van der Waals surface area contributed by atoms with Gasteiger partial charge in [-0.15, -0.1) is 0 Å². The van der Waals surface area contributed by atoms with E-state index in [1.807, 2.05) is 30.3 Å². The van der Waals surface area contributed by atoms with Crippen molar-refractivity contribution in [2.24, 2.45) is 0 Å². The molecule has 0 spiro atoms. The Morgan fingerprint density at radius 1 is 0.938 bits per heavy atom. The fourth-order valence-corrected chi connectivity index (χ4v) is 2.12.